The molecule has 0 radical (unpaired) electrons. The van der Waals surface area contributed by atoms with Crippen LogP contribution in [0.2, 0.25) is 0 Å². The number of nitrogens with zero attached hydrogens (tertiary/aromatic N) is 1. The molecule has 18 heavy (non-hydrogen) atoms. The molecule has 0 saturated heterocycles. The Labute approximate surface area is 109 Å². The van der Waals surface area contributed by atoms with E-state index in [1.807, 2.05) is 37.2 Å². The summed E-state index contributed by atoms with van der Waals surface area (Å²) < 4.78 is 21.9. The van der Waals surface area contributed by atoms with E-state index in [1.165, 1.54) is 6.26 Å². The molecule has 0 spiro atoms. The van der Waals surface area contributed by atoms with E-state index in [9.17, 15) is 13.2 Å². The Morgan fingerprint density at radius 2 is 1.94 bits per heavy atom. The van der Waals surface area contributed by atoms with Crippen LogP contribution in [0.15, 0.2) is 24.3 Å². The Kier molecular flexibility index (Phi) is 4.90. The first-order valence-corrected chi connectivity index (χ1v) is 7.84. The van der Waals surface area contributed by atoms with Gasteiger partial charge in [-0.3, -0.25) is 4.79 Å². The van der Waals surface area contributed by atoms with Gasteiger partial charge in [-0.05, 0) is 18.6 Å². The largest absolute Gasteiger partial charge is 0.378 e. The Morgan fingerprint density at radius 3 is 2.50 bits per heavy atom. The van der Waals surface area contributed by atoms with Crippen molar-refractivity contribution in [3.63, 3.8) is 0 Å². The highest BCUT2D eigenvalue weighted by molar-refractivity contribution is 7.90. The number of anilines is 1. The summed E-state index contributed by atoms with van der Waals surface area (Å²) in [6.07, 6.45) is 1.83. The molecular weight excluding hydrogens is 250 g/mol. The molecule has 1 rings (SSSR count). The molecule has 1 aromatic rings. The SMILES string of the molecule is CN(C)c1cccc(C(=O)CCCS(C)(=O)=O)c1. The molecule has 0 amide bonds. The highest BCUT2D eigenvalue weighted by Crippen LogP contribution is 2.15. The molecule has 0 bridgehead atoms. The summed E-state index contributed by atoms with van der Waals surface area (Å²) in [5.74, 6) is 0.0499. The van der Waals surface area contributed by atoms with Gasteiger partial charge < -0.3 is 4.90 Å². The second-order valence-electron chi connectivity index (χ2n) is 4.60. The minimum atomic E-state index is -2.98. The van der Waals surface area contributed by atoms with Crippen LogP contribution in [0.3, 0.4) is 0 Å². The van der Waals surface area contributed by atoms with Gasteiger partial charge in [0.1, 0.15) is 9.84 Å². The summed E-state index contributed by atoms with van der Waals surface area (Å²) >= 11 is 0. The summed E-state index contributed by atoms with van der Waals surface area (Å²) in [4.78, 5) is 13.8. The van der Waals surface area contributed by atoms with Gasteiger partial charge in [0.25, 0.3) is 0 Å². The van der Waals surface area contributed by atoms with E-state index in [2.05, 4.69) is 0 Å². The van der Waals surface area contributed by atoms with Gasteiger partial charge in [-0.2, -0.15) is 0 Å². The Balaban J connectivity index is 2.64. The highest BCUT2D eigenvalue weighted by atomic mass is 32.2. The fourth-order valence-corrected chi connectivity index (χ4v) is 2.27. The van der Waals surface area contributed by atoms with Gasteiger partial charge >= 0.3 is 0 Å². The molecule has 1 aromatic carbocycles. The lowest BCUT2D eigenvalue weighted by Gasteiger charge is -2.13. The van der Waals surface area contributed by atoms with Crippen LogP contribution in [-0.4, -0.2) is 40.3 Å². The maximum atomic E-state index is 11.9. The minimum absolute atomic E-state index is 0.0117. The van der Waals surface area contributed by atoms with Crippen molar-refractivity contribution in [2.45, 2.75) is 12.8 Å². The van der Waals surface area contributed by atoms with Gasteiger partial charge in [0.2, 0.25) is 0 Å². The van der Waals surface area contributed by atoms with Gasteiger partial charge in [-0.25, -0.2) is 8.42 Å². The minimum Gasteiger partial charge on any atom is -0.378 e. The molecule has 0 aliphatic rings. The Bertz CT molecular complexity index is 521. The molecule has 0 N–H and O–H groups in total. The number of sulfone groups is 1. The second kappa shape index (κ2) is 6.00. The lowest BCUT2D eigenvalue weighted by molar-refractivity contribution is 0.0982. The Hall–Kier alpha value is -1.36. The molecule has 5 heteroatoms. The fourth-order valence-electron chi connectivity index (χ4n) is 1.60. The first-order valence-electron chi connectivity index (χ1n) is 5.78. The van der Waals surface area contributed by atoms with E-state index in [-0.39, 0.29) is 18.0 Å². The number of rotatable bonds is 6. The third-order valence-electron chi connectivity index (χ3n) is 2.60. The standard InChI is InChI=1S/C13H19NO3S/c1-14(2)12-7-4-6-11(10-12)13(15)8-5-9-18(3,16)17/h4,6-7,10H,5,8-9H2,1-3H3. The van der Waals surface area contributed by atoms with Gasteiger partial charge in [0.15, 0.2) is 5.78 Å². The van der Waals surface area contributed by atoms with Crippen molar-refractivity contribution >= 4 is 21.3 Å². The maximum absolute atomic E-state index is 11.9. The van der Waals surface area contributed by atoms with E-state index in [1.54, 1.807) is 6.07 Å². The number of ketones is 1. The number of carbonyl (C=O) groups excluding carboxylic acids is 1. The van der Waals surface area contributed by atoms with Crippen LogP contribution in [0.1, 0.15) is 23.2 Å². The molecule has 0 unspecified atom stereocenters. The van der Waals surface area contributed by atoms with Crippen LogP contribution in [0.25, 0.3) is 0 Å². The number of hydrogen-bond donors (Lipinski definition) is 0. The molecule has 4 nitrogen and oxygen atoms in total. The van der Waals surface area contributed by atoms with Gasteiger partial charge in [0, 0.05) is 38.0 Å². The summed E-state index contributed by atoms with van der Waals surface area (Å²) in [7, 11) is 0.836. The van der Waals surface area contributed by atoms with Crippen LogP contribution in [0, 0.1) is 0 Å². The zero-order valence-corrected chi connectivity index (χ0v) is 11.8. The monoisotopic (exact) mass is 269 g/mol. The summed E-state index contributed by atoms with van der Waals surface area (Å²) in [6, 6.07) is 7.34. The van der Waals surface area contributed by atoms with E-state index in [4.69, 9.17) is 0 Å². The van der Waals surface area contributed by atoms with Crippen LogP contribution in [0.5, 0.6) is 0 Å². The maximum Gasteiger partial charge on any atom is 0.162 e. The van der Waals surface area contributed by atoms with Crippen molar-refractivity contribution in [1.29, 1.82) is 0 Å². The van der Waals surface area contributed by atoms with E-state index >= 15 is 0 Å². The zero-order chi connectivity index (χ0) is 13.8. The lowest BCUT2D eigenvalue weighted by Crippen LogP contribution is -2.10. The van der Waals surface area contributed by atoms with Crippen molar-refractivity contribution in [2.75, 3.05) is 31.0 Å². The van der Waals surface area contributed by atoms with Crippen molar-refractivity contribution in [3.8, 4) is 0 Å². The highest BCUT2D eigenvalue weighted by Gasteiger charge is 2.09. The van der Waals surface area contributed by atoms with Gasteiger partial charge in [0.05, 0.1) is 5.75 Å². The normalized spacial score (nSPS) is 11.3. The first kappa shape index (κ1) is 14.7. The lowest BCUT2D eigenvalue weighted by atomic mass is 10.1. The number of benzene rings is 1. The smallest absolute Gasteiger partial charge is 0.162 e. The summed E-state index contributed by atoms with van der Waals surface area (Å²) in [5, 5.41) is 0. The van der Waals surface area contributed by atoms with Crippen LogP contribution in [0.4, 0.5) is 5.69 Å². The van der Waals surface area contributed by atoms with E-state index in [0.717, 1.165) is 5.69 Å². The van der Waals surface area contributed by atoms with E-state index in [0.29, 0.717) is 12.0 Å². The van der Waals surface area contributed by atoms with Crippen molar-refractivity contribution < 1.29 is 13.2 Å². The predicted molar refractivity (Wildman–Crippen MR) is 74.0 cm³/mol. The summed E-state index contributed by atoms with van der Waals surface area (Å²) in [5.41, 5.74) is 1.60. The average molecular weight is 269 g/mol. The van der Waals surface area contributed by atoms with Crippen molar-refractivity contribution in [1.82, 2.24) is 0 Å². The van der Waals surface area contributed by atoms with Gasteiger partial charge in [-0.1, -0.05) is 12.1 Å². The molecule has 0 fully saturated rings. The third-order valence-corrected chi connectivity index (χ3v) is 3.63. The third kappa shape index (κ3) is 4.87. The van der Waals surface area contributed by atoms with E-state index < -0.39 is 9.84 Å². The first-order chi connectivity index (χ1) is 8.29. The topological polar surface area (TPSA) is 54.5 Å². The zero-order valence-electron chi connectivity index (χ0n) is 11.0. The molecule has 0 heterocycles. The molecule has 100 valence electrons. The molecule has 0 aromatic heterocycles. The van der Waals surface area contributed by atoms with Crippen molar-refractivity contribution in [3.05, 3.63) is 29.8 Å². The predicted octanol–water partition coefficient (Wildman–Crippen LogP) is 1.76. The molecule has 0 aliphatic carbocycles. The van der Waals surface area contributed by atoms with Crippen LogP contribution in [-0.2, 0) is 9.84 Å². The number of Topliss-reactive ketones (excluding diaryl/α,β-unsaturated/α-hetero) is 1. The van der Waals surface area contributed by atoms with Gasteiger partial charge in [-0.15, -0.1) is 0 Å². The fraction of sp³-hybridized carbons (Fsp3) is 0.462. The second-order valence-corrected chi connectivity index (χ2v) is 6.86. The quantitative estimate of drug-likeness (QED) is 0.738. The number of carbonyl (C=O) groups is 1. The molecule has 0 atom stereocenters. The van der Waals surface area contributed by atoms with Crippen LogP contribution >= 0.6 is 0 Å². The van der Waals surface area contributed by atoms with Crippen molar-refractivity contribution in [2.24, 2.45) is 0 Å². The van der Waals surface area contributed by atoms with Crippen LogP contribution < -0.4 is 4.90 Å². The molecule has 0 saturated carbocycles. The summed E-state index contributed by atoms with van der Waals surface area (Å²) in [6.45, 7) is 0. The Morgan fingerprint density at radius 1 is 1.28 bits per heavy atom. The molecular formula is C13H19NO3S. The molecule has 0 aliphatic heterocycles. The average Bonchev–Trinajstić information content (AvgIpc) is 2.27. The number of hydrogen-bond acceptors (Lipinski definition) is 4.